The van der Waals surface area contributed by atoms with Crippen LogP contribution in [0.5, 0.6) is 5.75 Å². The van der Waals surface area contributed by atoms with E-state index in [1.54, 1.807) is 21.9 Å². The molecule has 1 aliphatic carbocycles. The Hall–Kier alpha value is -2.09. The van der Waals surface area contributed by atoms with Crippen molar-refractivity contribution in [1.82, 2.24) is 9.80 Å². The van der Waals surface area contributed by atoms with Crippen LogP contribution in [0.25, 0.3) is 0 Å². The van der Waals surface area contributed by atoms with Crippen LogP contribution in [0.4, 0.5) is 0 Å². The minimum atomic E-state index is -3.29. The number of sulfone groups is 1. The van der Waals surface area contributed by atoms with Gasteiger partial charge >= 0.3 is 0 Å². The van der Waals surface area contributed by atoms with Crippen molar-refractivity contribution >= 4 is 21.7 Å². The standard InChI is InChI=1S/C19H24N2O5S/c1-12-3-6-14(17(9-12)26-2)19(23)21-8-7-20(18(22)13-4-5-13)15-10-27(24,25)11-16(15)21/h3,6,9,13,15-16H,4-5,7-8,10-11H2,1-2H3/t15-,16+/m1/s1. The van der Waals surface area contributed by atoms with Crippen molar-refractivity contribution in [3.8, 4) is 5.75 Å². The first kappa shape index (κ1) is 18.3. The number of carbonyl (C=O) groups excluding carboxylic acids is 2. The number of amides is 2. The van der Waals surface area contributed by atoms with E-state index in [4.69, 9.17) is 4.74 Å². The zero-order valence-corrected chi connectivity index (χ0v) is 16.4. The molecule has 0 bridgehead atoms. The van der Waals surface area contributed by atoms with Crippen molar-refractivity contribution in [2.75, 3.05) is 31.7 Å². The predicted molar refractivity (Wildman–Crippen MR) is 99.4 cm³/mol. The van der Waals surface area contributed by atoms with Crippen molar-refractivity contribution < 1.29 is 22.7 Å². The molecule has 0 aromatic heterocycles. The molecule has 1 aromatic rings. The molecule has 4 rings (SSSR count). The second-order valence-electron chi connectivity index (χ2n) is 7.72. The first-order chi connectivity index (χ1) is 12.8. The van der Waals surface area contributed by atoms with Crippen molar-refractivity contribution in [3.63, 3.8) is 0 Å². The number of benzene rings is 1. The van der Waals surface area contributed by atoms with Gasteiger partial charge in [0.2, 0.25) is 5.91 Å². The van der Waals surface area contributed by atoms with Crippen LogP contribution in [0.1, 0.15) is 28.8 Å². The summed E-state index contributed by atoms with van der Waals surface area (Å²) >= 11 is 0. The van der Waals surface area contributed by atoms with E-state index < -0.39 is 21.9 Å². The van der Waals surface area contributed by atoms with Crippen LogP contribution in [0.3, 0.4) is 0 Å². The van der Waals surface area contributed by atoms with E-state index in [-0.39, 0.29) is 29.2 Å². The van der Waals surface area contributed by atoms with Gasteiger partial charge in [0.25, 0.3) is 5.91 Å². The van der Waals surface area contributed by atoms with Crippen LogP contribution in [0, 0.1) is 12.8 Å². The molecule has 3 aliphatic rings. The van der Waals surface area contributed by atoms with Gasteiger partial charge in [0.1, 0.15) is 5.75 Å². The summed E-state index contributed by atoms with van der Waals surface area (Å²) in [5, 5.41) is 0. The second-order valence-corrected chi connectivity index (χ2v) is 9.87. The van der Waals surface area contributed by atoms with Crippen molar-refractivity contribution in [3.05, 3.63) is 29.3 Å². The Morgan fingerprint density at radius 3 is 2.33 bits per heavy atom. The van der Waals surface area contributed by atoms with Crippen LogP contribution >= 0.6 is 0 Å². The molecule has 1 aromatic carbocycles. The highest BCUT2D eigenvalue weighted by Crippen LogP contribution is 2.36. The van der Waals surface area contributed by atoms with Crippen LogP contribution in [-0.4, -0.2) is 73.8 Å². The number of nitrogens with zero attached hydrogens (tertiary/aromatic N) is 2. The van der Waals surface area contributed by atoms with Crippen LogP contribution in [0.15, 0.2) is 18.2 Å². The number of aryl methyl sites for hydroxylation is 1. The molecule has 0 spiro atoms. The lowest BCUT2D eigenvalue weighted by atomic mass is 10.0. The summed E-state index contributed by atoms with van der Waals surface area (Å²) in [4.78, 5) is 29.2. The lowest BCUT2D eigenvalue weighted by Crippen LogP contribution is -2.62. The lowest BCUT2D eigenvalue weighted by molar-refractivity contribution is -0.137. The quantitative estimate of drug-likeness (QED) is 0.762. The Bertz CT molecular complexity index is 893. The fraction of sp³-hybridized carbons (Fsp3) is 0.579. The third-order valence-electron chi connectivity index (χ3n) is 5.73. The summed E-state index contributed by atoms with van der Waals surface area (Å²) < 4.78 is 30.0. The molecule has 8 heteroatoms. The first-order valence-electron chi connectivity index (χ1n) is 9.27. The molecule has 146 valence electrons. The number of methoxy groups -OCH3 is 1. The molecule has 3 fully saturated rings. The molecule has 2 atom stereocenters. The van der Waals surface area contributed by atoms with Crippen LogP contribution < -0.4 is 4.74 Å². The van der Waals surface area contributed by atoms with E-state index in [0.717, 1.165) is 18.4 Å². The highest BCUT2D eigenvalue weighted by molar-refractivity contribution is 7.91. The Balaban J connectivity index is 1.64. The smallest absolute Gasteiger partial charge is 0.258 e. The Kier molecular flexibility index (Phi) is 4.41. The van der Waals surface area contributed by atoms with Gasteiger partial charge in [-0.3, -0.25) is 9.59 Å². The van der Waals surface area contributed by atoms with Gasteiger partial charge in [-0.1, -0.05) is 6.07 Å². The normalized spacial score (nSPS) is 26.6. The maximum atomic E-state index is 13.2. The summed E-state index contributed by atoms with van der Waals surface area (Å²) in [7, 11) is -1.78. The molecule has 2 aliphatic heterocycles. The Morgan fingerprint density at radius 1 is 1.07 bits per heavy atom. The molecule has 27 heavy (non-hydrogen) atoms. The fourth-order valence-electron chi connectivity index (χ4n) is 4.17. The largest absolute Gasteiger partial charge is 0.496 e. The highest BCUT2D eigenvalue weighted by Gasteiger charge is 2.51. The zero-order chi connectivity index (χ0) is 19.3. The Morgan fingerprint density at radius 2 is 1.70 bits per heavy atom. The molecule has 2 saturated heterocycles. The molecule has 2 heterocycles. The minimum absolute atomic E-state index is 0.0356. The number of fused-ring (bicyclic) bond motifs is 1. The van der Waals surface area contributed by atoms with Gasteiger partial charge in [-0.05, 0) is 37.5 Å². The average Bonchev–Trinajstić information content (AvgIpc) is 3.41. The van der Waals surface area contributed by atoms with Gasteiger partial charge < -0.3 is 14.5 Å². The fourth-order valence-corrected chi connectivity index (χ4v) is 6.15. The average molecular weight is 392 g/mol. The van der Waals surface area contributed by atoms with Crippen LogP contribution in [0.2, 0.25) is 0 Å². The third-order valence-corrected chi connectivity index (χ3v) is 7.43. The van der Waals surface area contributed by atoms with E-state index in [2.05, 4.69) is 0 Å². The second kappa shape index (κ2) is 6.51. The maximum Gasteiger partial charge on any atom is 0.258 e. The number of ether oxygens (including phenoxy) is 1. The van der Waals surface area contributed by atoms with E-state index >= 15 is 0 Å². The van der Waals surface area contributed by atoms with E-state index in [1.165, 1.54) is 7.11 Å². The van der Waals surface area contributed by atoms with Crippen molar-refractivity contribution in [1.29, 1.82) is 0 Å². The summed E-state index contributed by atoms with van der Waals surface area (Å²) in [6.07, 6.45) is 1.76. The van der Waals surface area contributed by atoms with Gasteiger partial charge in [0.05, 0.1) is 36.3 Å². The SMILES string of the molecule is COc1cc(C)ccc1C(=O)N1CCN(C(=O)C2CC2)[C@@H]2CS(=O)(=O)C[C@@H]21. The van der Waals surface area contributed by atoms with E-state index in [0.29, 0.717) is 24.4 Å². The predicted octanol–water partition coefficient (Wildman–Crippen LogP) is 0.864. The van der Waals surface area contributed by atoms with Gasteiger partial charge in [0, 0.05) is 19.0 Å². The summed E-state index contributed by atoms with van der Waals surface area (Å²) in [5.41, 5.74) is 1.40. The van der Waals surface area contributed by atoms with Gasteiger partial charge in [-0.25, -0.2) is 8.42 Å². The maximum absolute atomic E-state index is 13.2. The van der Waals surface area contributed by atoms with Gasteiger partial charge in [-0.15, -0.1) is 0 Å². The van der Waals surface area contributed by atoms with Gasteiger partial charge in [0.15, 0.2) is 9.84 Å². The molecule has 1 saturated carbocycles. The summed E-state index contributed by atoms with van der Waals surface area (Å²) in [6, 6.07) is 4.41. The summed E-state index contributed by atoms with van der Waals surface area (Å²) in [5.74, 6) is 0.165. The zero-order valence-electron chi connectivity index (χ0n) is 15.6. The number of hydrogen-bond acceptors (Lipinski definition) is 5. The number of hydrogen-bond donors (Lipinski definition) is 0. The Labute approximate surface area is 159 Å². The van der Waals surface area contributed by atoms with Gasteiger partial charge in [-0.2, -0.15) is 0 Å². The van der Waals surface area contributed by atoms with Crippen molar-refractivity contribution in [2.24, 2.45) is 5.92 Å². The molecule has 0 unspecified atom stereocenters. The van der Waals surface area contributed by atoms with Crippen molar-refractivity contribution in [2.45, 2.75) is 31.8 Å². The highest BCUT2D eigenvalue weighted by atomic mass is 32.2. The number of carbonyl (C=O) groups is 2. The first-order valence-corrected chi connectivity index (χ1v) is 11.1. The molecular formula is C19H24N2O5S. The molecular weight excluding hydrogens is 368 g/mol. The molecule has 7 nitrogen and oxygen atoms in total. The molecule has 0 radical (unpaired) electrons. The van der Waals surface area contributed by atoms with E-state index in [1.807, 2.05) is 13.0 Å². The monoisotopic (exact) mass is 392 g/mol. The lowest BCUT2D eigenvalue weighted by Gasteiger charge is -2.44. The molecule has 2 amide bonds. The number of rotatable bonds is 3. The summed E-state index contributed by atoms with van der Waals surface area (Å²) in [6.45, 7) is 2.63. The number of piperazine rings is 1. The topological polar surface area (TPSA) is 84.0 Å². The molecule has 0 N–H and O–H groups in total. The third kappa shape index (κ3) is 3.31. The van der Waals surface area contributed by atoms with E-state index in [9.17, 15) is 18.0 Å². The minimum Gasteiger partial charge on any atom is -0.496 e. The van der Waals surface area contributed by atoms with Crippen LogP contribution in [-0.2, 0) is 14.6 Å².